The number of phenolic OH excluding ortho intramolecular Hbond substituents is 1. The van der Waals surface area contributed by atoms with Crippen LogP contribution in [0.5, 0.6) is 5.75 Å². The summed E-state index contributed by atoms with van der Waals surface area (Å²) in [6.45, 7) is 0.586. The fourth-order valence-corrected chi connectivity index (χ4v) is 1.77. The van der Waals surface area contributed by atoms with Crippen molar-refractivity contribution in [3.05, 3.63) is 29.3 Å². The van der Waals surface area contributed by atoms with E-state index < -0.39 is 12.0 Å². The molecule has 0 aliphatic carbocycles. The first-order chi connectivity index (χ1) is 6.66. The third-order valence-corrected chi connectivity index (χ3v) is 2.55. The van der Waals surface area contributed by atoms with E-state index in [4.69, 9.17) is 0 Å². The Morgan fingerprint density at radius 3 is 3.00 bits per heavy atom. The quantitative estimate of drug-likeness (QED) is 0.548. The van der Waals surface area contributed by atoms with Gasteiger partial charge in [0.1, 0.15) is 18.3 Å². The number of aliphatic carboxylic acids is 1. The van der Waals surface area contributed by atoms with Crippen molar-refractivity contribution >= 4 is 5.97 Å². The van der Waals surface area contributed by atoms with Crippen molar-refractivity contribution in [3.8, 4) is 5.75 Å². The predicted molar refractivity (Wildman–Crippen MR) is 46.2 cm³/mol. The molecule has 0 radical (unpaired) electrons. The summed E-state index contributed by atoms with van der Waals surface area (Å²) >= 11 is 0. The molecule has 0 amide bonds. The molecule has 14 heavy (non-hydrogen) atoms. The Morgan fingerprint density at radius 1 is 1.50 bits per heavy atom. The second kappa shape index (κ2) is 3.31. The summed E-state index contributed by atoms with van der Waals surface area (Å²) in [5, 5.41) is 21.6. The third-order valence-electron chi connectivity index (χ3n) is 2.55. The Balaban J connectivity index is 2.27. The minimum atomic E-state index is -1.02. The molecule has 1 aromatic carbocycles. The van der Waals surface area contributed by atoms with Gasteiger partial charge in [-0.1, -0.05) is 6.07 Å². The van der Waals surface area contributed by atoms with Crippen LogP contribution in [-0.4, -0.2) is 17.1 Å². The van der Waals surface area contributed by atoms with E-state index in [1.807, 2.05) is 0 Å². The van der Waals surface area contributed by atoms with Crippen molar-refractivity contribution < 1.29 is 20.3 Å². The number of carbonyl (C=O) groups excluding carboxylic acids is 1. The second-order valence-corrected chi connectivity index (χ2v) is 3.52. The van der Waals surface area contributed by atoms with E-state index in [0.29, 0.717) is 13.0 Å². The minimum Gasteiger partial charge on any atom is -0.544 e. The molecule has 0 bridgehead atoms. The van der Waals surface area contributed by atoms with Crippen LogP contribution in [0.1, 0.15) is 11.1 Å². The number of fused-ring (bicyclic) bond motifs is 1. The number of phenols is 1. The van der Waals surface area contributed by atoms with Crippen LogP contribution in [-0.2, 0) is 17.8 Å². The lowest BCUT2D eigenvalue weighted by molar-refractivity contribution is -0.701. The molecule has 1 aromatic rings. The molecule has 0 saturated heterocycles. The Labute approximate surface area is 81.2 Å². The molecule has 4 nitrogen and oxygen atoms in total. The number of carboxylic acids is 1. The van der Waals surface area contributed by atoms with Crippen LogP contribution >= 0.6 is 0 Å². The minimum absolute atomic E-state index is 0.226. The number of carboxylic acid groups (broad SMARTS) is 1. The highest BCUT2D eigenvalue weighted by Gasteiger charge is 2.22. The third kappa shape index (κ3) is 1.56. The zero-order valence-electron chi connectivity index (χ0n) is 7.56. The molecule has 0 saturated carbocycles. The predicted octanol–water partition coefficient (Wildman–Crippen LogP) is -1.87. The maximum absolute atomic E-state index is 10.6. The number of aromatic hydroxyl groups is 1. The average Bonchev–Trinajstić information content (AvgIpc) is 2.16. The first kappa shape index (κ1) is 9.02. The molecule has 0 aromatic heterocycles. The van der Waals surface area contributed by atoms with Gasteiger partial charge in [-0.2, -0.15) is 0 Å². The van der Waals surface area contributed by atoms with Crippen LogP contribution in [0.4, 0.5) is 0 Å². The number of quaternary nitrogens is 1. The van der Waals surface area contributed by atoms with Crippen molar-refractivity contribution in [1.29, 1.82) is 0 Å². The van der Waals surface area contributed by atoms with Gasteiger partial charge in [-0.25, -0.2) is 0 Å². The summed E-state index contributed by atoms with van der Waals surface area (Å²) in [6, 6.07) is 4.54. The Kier molecular flexibility index (Phi) is 2.13. The van der Waals surface area contributed by atoms with Crippen LogP contribution in [0.3, 0.4) is 0 Å². The molecule has 3 N–H and O–H groups in total. The SMILES string of the molecule is O=C([O-])[C@H]1Cc2ccc(O)cc2C[NH2+]1. The van der Waals surface area contributed by atoms with E-state index >= 15 is 0 Å². The molecule has 0 spiro atoms. The fraction of sp³-hybridized carbons (Fsp3) is 0.300. The molecule has 1 aliphatic rings. The zero-order valence-corrected chi connectivity index (χ0v) is 7.56. The topological polar surface area (TPSA) is 77.0 Å². The molecular formula is C10H11NO3. The summed E-state index contributed by atoms with van der Waals surface area (Å²) in [7, 11) is 0. The summed E-state index contributed by atoms with van der Waals surface area (Å²) < 4.78 is 0. The molecule has 1 atom stereocenters. The van der Waals surface area contributed by atoms with Crippen LogP contribution in [0.15, 0.2) is 18.2 Å². The van der Waals surface area contributed by atoms with Gasteiger partial charge in [0.25, 0.3) is 0 Å². The highest BCUT2D eigenvalue weighted by molar-refractivity contribution is 5.70. The first-order valence-electron chi connectivity index (χ1n) is 4.52. The number of carbonyl (C=O) groups is 1. The van der Waals surface area contributed by atoms with Gasteiger partial charge < -0.3 is 20.3 Å². The van der Waals surface area contributed by atoms with Crippen LogP contribution in [0.2, 0.25) is 0 Å². The Morgan fingerprint density at radius 2 is 2.29 bits per heavy atom. The monoisotopic (exact) mass is 193 g/mol. The zero-order chi connectivity index (χ0) is 10.1. The maximum Gasteiger partial charge on any atom is 0.130 e. The molecular weight excluding hydrogens is 182 g/mol. The molecule has 0 fully saturated rings. The number of benzene rings is 1. The summed E-state index contributed by atoms with van der Waals surface area (Å²) in [6.07, 6.45) is 0.470. The first-order valence-corrected chi connectivity index (χ1v) is 4.52. The normalized spacial score (nSPS) is 20.1. The summed E-state index contributed by atoms with van der Waals surface area (Å²) in [5.74, 6) is -0.798. The maximum atomic E-state index is 10.6. The standard InChI is InChI=1S/C10H11NO3/c12-8-2-1-6-4-9(10(13)14)11-5-7(6)3-8/h1-3,9,11-12H,4-5H2,(H,13,14)/t9-/m1/s1. The molecule has 1 heterocycles. The van der Waals surface area contributed by atoms with Gasteiger partial charge in [0, 0.05) is 12.0 Å². The number of hydrogen-bond donors (Lipinski definition) is 2. The number of rotatable bonds is 1. The van der Waals surface area contributed by atoms with Crippen molar-refractivity contribution in [1.82, 2.24) is 0 Å². The highest BCUT2D eigenvalue weighted by Crippen LogP contribution is 2.18. The van der Waals surface area contributed by atoms with Gasteiger partial charge in [0.2, 0.25) is 0 Å². The van der Waals surface area contributed by atoms with E-state index in [9.17, 15) is 15.0 Å². The second-order valence-electron chi connectivity index (χ2n) is 3.52. The lowest BCUT2D eigenvalue weighted by Gasteiger charge is -2.23. The van der Waals surface area contributed by atoms with Gasteiger partial charge in [-0.15, -0.1) is 0 Å². The van der Waals surface area contributed by atoms with Gasteiger partial charge in [0.05, 0.1) is 5.97 Å². The van der Waals surface area contributed by atoms with E-state index in [0.717, 1.165) is 11.1 Å². The number of nitrogens with two attached hydrogens (primary N) is 1. The van der Waals surface area contributed by atoms with Gasteiger partial charge >= 0.3 is 0 Å². The Bertz CT molecular complexity index is 376. The molecule has 4 heteroatoms. The van der Waals surface area contributed by atoms with Crippen LogP contribution in [0, 0.1) is 0 Å². The summed E-state index contributed by atoms with van der Waals surface area (Å²) in [5.41, 5.74) is 1.99. The lowest BCUT2D eigenvalue weighted by Crippen LogP contribution is -2.93. The lowest BCUT2D eigenvalue weighted by atomic mass is 9.96. The average molecular weight is 193 g/mol. The van der Waals surface area contributed by atoms with E-state index in [1.165, 1.54) is 0 Å². The van der Waals surface area contributed by atoms with Crippen molar-refractivity contribution in [2.45, 2.75) is 19.0 Å². The van der Waals surface area contributed by atoms with Crippen molar-refractivity contribution in [3.63, 3.8) is 0 Å². The summed E-state index contributed by atoms with van der Waals surface area (Å²) in [4.78, 5) is 10.6. The van der Waals surface area contributed by atoms with E-state index in [2.05, 4.69) is 0 Å². The van der Waals surface area contributed by atoms with Crippen LogP contribution in [0.25, 0.3) is 0 Å². The largest absolute Gasteiger partial charge is 0.544 e. The highest BCUT2D eigenvalue weighted by atomic mass is 16.4. The van der Waals surface area contributed by atoms with Gasteiger partial charge in [-0.3, -0.25) is 0 Å². The molecule has 2 rings (SSSR count). The smallest absolute Gasteiger partial charge is 0.130 e. The fourth-order valence-electron chi connectivity index (χ4n) is 1.77. The molecule has 74 valence electrons. The van der Waals surface area contributed by atoms with E-state index in [1.54, 1.807) is 23.5 Å². The van der Waals surface area contributed by atoms with Gasteiger partial charge in [0.15, 0.2) is 0 Å². The molecule has 1 aliphatic heterocycles. The van der Waals surface area contributed by atoms with Gasteiger partial charge in [-0.05, 0) is 17.7 Å². The Hall–Kier alpha value is -1.55. The van der Waals surface area contributed by atoms with E-state index in [-0.39, 0.29) is 5.75 Å². The van der Waals surface area contributed by atoms with Crippen molar-refractivity contribution in [2.75, 3.05) is 0 Å². The van der Waals surface area contributed by atoms with Crippen molar-refractivity contribution in [2.24, 2.45) is 0 Å². The van der Waals surface area contributed by atoms with Crippen LogP contribution < -0.4 is 10.4 Å². The molecule has 0 unspecified atom stereocenters. The number of hydrogen-bond acceptors (Lipinski definition) is 3.